The second kappa shape index (κ2) is 7.31. The second-order valence-corrected chi connectivity index (χ2v) is 10.3. The predicted molar refractivity (Wildman–Crippen MR) is 106 cm³/mol. The first-order valence-electron chi connectivity index (χ1n) is 8.86. The summed E-state index contributed by atoms with van der Waals surface area (Å²) >= 11 is 1.27. The summed E-state index contributed by atoms with van der Waals surface area (Å²) < 4.78 is 27.6. The van der Waals surface area contributed by atoms with Crippen LogP contribution in [0.2, 0.25) is 0 Å². The molecule has 0 amide bonds. The number of hydrogen-bond donors (Lipinski definition) is 1. The topological polar surface area (TPSA) is 60.9 Å². The molecule has 1 saturated heterocycles. The SMILES string of the molecule is CCC1CN(S(=O)(=O)c2cccs2)CCN1c1ccc(C(C)(C)O)cc1. The first-order chi connectivity index (χ1) is 12.2. The van der Waals surface area contributed by atoms with Gasteiger partial charge in [0.05, 0.1) is 5.60 Å². The summed E-state index contributed by atoms with van der Waals surface area (Å²) in [5.41, 5.74) is 1.07. The summed E-state index contributed by atoms with van der Waals surface area (Å²) in [7, 11) is -3.40. The molecule has 0 aliphatic carbocycles. The molecule has 142 valence electrons. The third kappa shape index (κ3) is 3.81. The number of rotatable bonds is 5. The van der Waals surface area contributed by atoms with Gasteiger partial charge in [-0.25, -0.2) is 8.42 Å². The van der Waals surface area contributed by atoms with E-state index in [1.54, 1.807) is 35.7 Å². The van der Waals surface area contributed by atoms with Gasteiger partial charge in [-0.05, 0) is 49.4 Å². The second-order valence-electron chi connectivity index (χ2n) is 7.16. The van der Waals surface area contributed by atoms with Gasteiger partial charge >= 0.3 is 0 Å². The zero-order chi connectivity index (χ0) is 18.9. The predicted octanol–water partition coefficient (Wildman–Crippen LogP) is 3.27. The minimum Gasteiger partial charge on any atom is -0.386 e. The molecule has 2 aromatic rings. The number of benzene rings is 1. The largest absolute Gasteiger partial charge is 0.386 e. The summed E-state index contributed by atoms with van der Waals surface area (Å²) in [5, 5.41) is 11.9. The van der Waals surface area contributed by atoms with Crippen molar-refractivity contribution >= 4 is 27.0 Å². The van der Waals surface area contributed by atoms with E-state index in [-0.39, 0.29) is 6.04 Å². The van der Waals surface area contributed by atoms with Gasteiger partial charge in [-0.15, -0.1) is 11.3 Å². The highest BCUT2D eigenvalue weighted by Crippen LogP contribution is 2.29. The Labute approximate surface area is 159 Å². The number of thiophene rings is 1. The molecule has 7 heteroatoms. The van der Waals surface area contributed by atoms with Crippen molar-refractivity contribution in [2.45, 2.75) is 43.0 Å². The van der Waals surface area contributed by atoms with Crippen molar-refractivity contribution in [3.05, 3.63) is 47.3 Å². The lowest BCUT2D eigenvalue weighted by molar-refractivity contribution is 0.0786. The molecule has 26 heavy (non-hydrogen) atoms. The molecule has 1 aromatic carbocycles. The number of anilines is 1. The van der Waals surface area contributed by atoms with E-state index in [9.17, 15) is 13.5 Å². The number of sulfonamides is 1. The number of piperazine rings is 1. The van der Waals surface area contributed by atoms with Crippen LogP contribution in [-0.4, -0.2) is 43.5 Å². The van der Waals surface area contributed by atoms with Gasteiger partial charge in [0.2, 0.25) is 0 Å². The van der Waals surface area contributed by atoms with Crippen molar-refractivity contribution in [2.24, 2.45) is 0 Å². The van der Waals surface area contributed by atoms with E-state index < -0.39 is 15.6 Å². The Morgan fingerprint density at radius 2 is 1.88 bits per heavy atom. The summed E-state index contributed by atoms with van der Waals surface area (Å²) in [6.07, 6.45) is 0.865. The number of aliphatic hydroxyl groups is 1. The molecule has 0 saturated carbocycles. The van der Waals surface area contributed by atoms with Gasteiger partial charge in [0.1, 0.15) is 4.21 Å². The molecule has 1 aromatic heterocycles. The molecule has 1 unspecified atom stereocenters. The maximum Gasteiger partial charge on any atom is 0.252 e. The Balaban J connectivity index is 1.78. The Bertz CT molecular complexity index is 825. The van der Waals surface area contributed by atoms with Crippen LogP contribution in [0.25, 0.3) is 0 Å². The molecule has 0 radical (unpaired) electrons. The Kier molecular flexibility index (Phi) is 5.44. The summed E-state index contributed by atoms with van der Waals surface area (Å²) in [6.45, 7) is 7.25. The molecule has 5 nitrogen and oxygen atoms in total. The summed E-state index contributed by atoms with van der Waals surface area (Å²) in [5.74, 6) is 0. The molecule has 0 spiro atoms. The maximum absolute atomic E-state index is 12.8. The zero-order valence-electron chi connectivity index (χ0n) is 15.4. The molecular formula is C19H26N2O3S2. The Morgan fingerprint density at radius 1 is 1.19 bits per heavy atom. The van der Waals surface area contributed by atoms with Gasteiger partial charge in [0.25, 0.3) is 10.0 Å². The third-order valence-corrected chi connectivity index (χ3v) is 8.15. The lowest BCUT2D eigenvalue weighted by Crippen LogP contribution is -2.54. The summed E-state index contributed by atoms with van der Waals surface area (Å²) in [6, 6.07) is 11.5. The Morgan fingerprint density at radius 3 is 2.42 bits per heavy atom. The first-order valence-corrected chi connectivity index (χ1v) is 11.2. The third-order valence-electron chi connectivity index (χ3n) is 4.91. The van der Waals surface area contributed by atoms with Crippen molar-refractivity contribution < 1.29 is 13.5 Å². The highest BCUT2D eigenvalue weighted by molar-refractivity contribution is 7.91. The van der Waals surface area contributed by atoms with E-state index in [0.717, 1.165) is 17.7 Å². The molecular weight excluding hydrogens is 368 g/mol. The van der Waals surface area contributed by atoms with E-state index in [1.807, 2.05) is 24.3 Å². The van der Waals surface area contributed by atoms with E-state index in [1.165, 1.54) is 11.3 Å². The fraction of sp³-hybridized carbons (Fsp3) is 0.474. The van der Waals surface area contributed by atoms with Gasteiger partial charge in [0.15, 0.2) is 0 Å². The van der Waals surface area contributed by atoms with Gasteiger partial charge < -0.3 is 10.0 Å². The minimum atomic E-state index is -3.40. The van der Waals surface area contributed by atoms with Crippen LogP contribution in [0.3, 0.4) is 0 Å². The van der Waals surface area contributed by atoms with Crippen molar-refractivity contribution in [2.75, 3.05) is 24.5 Å². The van der Waals surface area contributed by atoms with Crippen molar-refractivity contribution in [1.82, 2.24) is 4.31 Å². The van der Waals surface area contributed by atoms with Crippen LogP contribution in [0.15, 0.2) is 46.0 Å². The Hall–Kier alpha value is -1.41. The van der Waals surface area contributed by atoms with Gasteiger partial charge in [-0.2, -0.15) is 4.31 Å². The quantitative estimate of drug-likeness (QED) is 0.846. The zero-order valence-corrected chi connectivity index (χ0v) is 17.1. The maximum atomic E-state index is 12.8. The van der Waals surface area contributed by atoms with Crippen LogP contribution >= 0.6 is 11.3 Å². The lowest BCUT2D eigenvalue weighted by Gasteiger charge is -2.42. The first kappa shape index (κ1) is 19.4. The molecule has 1 fully saturated rings. The van der Waals surface area contributed by atoms with Crippen molar-refractivity contribution in [3.8, 4) is 0 Å². The fourth-order valence-electron chi connectivity index (χ4n) is 3.33. The van der Waals surface area contributed by atoms with Crippen LogP contribution in [0, 0.1) is 0 Å². The van der Waals surface area contributed by atoms with Crippen LogP contribution in [0.1, 0.15) is 32.8 Å². The fourth-order valence-corrected chi connectivity index (χ4v) is 5.95. The molecule has 3 rings (SSSR count). The number of nitrogens with zero attached hydrogens (tertiary/aromatic N) is 2. The average Bonchev–Trinajstić information content (AvgIpc) is 3.16. The van der Waals surface area contributed by atoms with Crippen molar-refractivity contribution in [3.63, 3.8) is 0 Å². The van der Waals surface area contributed by atoms with E-state index in [2.05, 4.69) is 11.8 Å². The van der Waals surface area contributed by atoms with Crippen molar-refractivity contribution in [1.29, 1.82) is 0 Å². The standard InChI is InChI=1S/C19H26N2O3S2/c1-4-16-14-20(26(23,24)18-6-5-13-25-18)11-12-21(16)17-9-7-15(8-10-17)19(2,3)22/h5-10,13,16,22H,4,11-12,14H2,1-3H3. The molecule has 1 aliphatic rings. The molecule has 0 bridgehead atoms. The molecule has 1 N–H and O–H groups in total. The van der Waals surface area contributed by atoms with E-state index in [0.29, 0.717) is 23.8 Å². The average molecular weight is 395 g/mol. The molecule has 1 atom stereocenters. The van der Waals surface area contributed by atoms with Crippen LogP contribution in [0.5, 0.6) is 0 Å². The lowest BCUT2D eigenvalue weighted by atomic mass is 9.98. The minimum absolute atomic E-state index is 0.131. The highest BCUT2D eigenvalue weighted by Gasteiger charge is 2.34. The smallest absolute Gasteiger partial charge is 0.252 e. The van der Waals surface area contributed by atoms with E-state index >= 15 is 0 Å². The van der Waals surface area contributed by atoms with Gasteiger partial charge in [-0.3, -0.25) is 0 Å². The van der Waals surface area contributed by atoms with Crippen LogP contribution in [0.4, 0.5) is 5.69 Å². The van der Waals surface area contributed by atoms with Gasteiger partial charge in [0, 0.05) is 31.4 Å². The highest BCUT2D eigenvalue weighted by atomic mass is 32.2. The normalized spacial score (nSPS) is 19.7. The molecule has 2 heterocycles. The molecule has 1 aliphatic heterocycles. The van der Waals surface area contributed by atoms with E-state index in [4.69, 9.17) is 0 Å². The summed E-state index contributed by atoms with van der Waals surface area (Å²) in [4.78, 5) is 2.27. The monoisotopic (exact) mass is 394 g/mol. The van der Waals surface area contributed by atoms with Crippen LogP contribution < -0.4 is 4.90 Å². The van der Waals surface area contributed by atoms with Crippen LogP contribution in [-0.2, 0) is 15.6 Å². The van der Waals surface area contributed by atoms with Gasteiger partial charge in [-0.1, -0.05) is 25.1 Å². The number of hydrogen-bond acceptors (Lipinski definition) is 5.